The summed E-state index contributed by atoms with van der Waals surface area (Å²) in [6.07, 6.45) is 0.629. The summed E-state index contributed by atoms with van der Waals surface area (Å²) in [4.78, 5) is 13.1. The number of hydrogen-bond donors (Lipinski definition) is 3. The zero-order valence-corrected chi connectivity index (χ0v) is 8.29. The van der Waals surface area contributed by atoms with Crippen molar-refractivity contribution < 1.29 is 9.90 Å². The normalized spacial score (nSPS) is 13.0. The van der Waals surface area contributed by atoms with Gasteiger partial charge in [0.2, 0.25) is 5.91 Å². The molecule has 0 aromatic rings. The quantitative estimate of drug-likeness (QED) is 0.469. The Balaban J connectivity index is 3.57. The minimum absolute atomic E-state index is 0.0495. The van der Waals surface area contributed by atoms with E-state index in [2.05, 4.69) is 5.32 Å². The molecule has 1 unspecified atom stereocenters. The van der Waals surface area contributed by atoms with Gasteiger partial charge in [-0.1, -0.05) is 0 Å². The van der Waals surface area contributed by atoms with Crippen LogP contribution in [0, 0.1) is 0 Å². The molecule has 0 heterocycles. The molecule has 5 nitrogen and oxygen atoms in total. The maximum absolute atomic E-state index is 11.1. The first-order valence-corrected chi connectivity index (χ1v) is 4.36. The van der Waals surface area contributed by atoms with Gasteiger partial charge < -0.3 is 21.1 Å². The molecule has 78 valence electrons. The Labute approximate surface area is 78.9 Å². The highest BCUT2D eigenvalue weighted by molar-refractivity contribution is 5.81. The van der Waals surface area contributed by atoms with Crippen LogP contribution in [0.2, 0.25) is 0 Å². The van der Waals surface area contributed by atoms with E-state index in [1.54, 1.807) is 0 Å². The second kappa shape index (κ2) is 6.82. The molecular weight excluding hydrogens is 170 g/mol. The van der Waals surface area contributed by atoms with E-state index in [0.717, 1.165) is 6.54 Å². The summed E-state index contributed by atoms with van der Waals surface area (Å²) in [6.45, 7) is 1.01. The van der Waals surface area contributed by atoms with Crippen LogP contribution in [0.15, 0.2) is 0 Å². The molecule has 0 radical (unpaired) electrons. The SMILES string of the molecule is CN(C)CCC(N)C(=O)NCCO. The molecule has 0 spiro atoms. The van der Waals surface area contributed by atoms with Gasteiger partial charge >= 0.3 is 0 Å². The van der Waals surface area contributed by atoms with E-state index in [0.29, 0.717) is 6.42 Å². The van der Waals surface area contributed by atoms with Crippen molar-refractivity contribution in [3.05, 3.63) is 0 Å². The van der Waals surface area contributed by atoms with Gasteiger partial charge in [0.25, 0.3) is 0 Å². The van der Waals surface area contributed by atoms with Gasteiger partial charge in [0, 0.05) is 6.54 Å². The van der Waals surface area contributed by atoms with Crippen LogP contribution in [-0.2, 0) is 4.79 Å². The Morgan fingerprint density at radius 1 is 1.62 bits per heavy atom. The monoisotopic (exact) mass is 189 g/mol. The second-order valence-corrected chi connectivity index (χ2v) is 3.21. The Hall–Kier alpha value is -0.650. The third kappa shape index (κ3) is 6.51. The van der Waals surface area contributed by atoms with E-state index in [1.807, 2.05) is 19.0 Å². The fourth-order valence-electron chi connectivity index (χ4n) is 0.839. The summed E-state index contributed by atoms with van der Waals surface area (Å²) in [6, 6.07) is -0.478. The molecule has 5 heteroatoms. The lowest BCUT2D eigenvalue weighted by atomic mass is 10.2. The van der Waals surface area contributed by atoms with Crippen molar-refractivity contribution in [3.8, 4) is 0 Å². The maximum atomic E-state index is 11.1. The first kappa shape index (κ1) is 12.3. The van der Waals surface area contributed by atoms with Crippen LogP contribution in [0.5, 0.6) is 0 Å². The first-order valence-electron chi connectivity index (χ1n) is 4.36. The Morgan fingerprint density at radius 2 is 2.23 bits per heavy atom. The van der Waals surface area contributed by atoms with Crippen molar-refractivity contribution in [2.75, 3.05) is 33.8 Å². The second-order valence-electron chi connectivity index (χ2n) is 3.21. The topological polar surface area (TPSA) is 78.6 Å². The van der Waals surface area contributed by atoms with E-state index in [1.165, 1.54) is 0 Å². The molecule has 0 aliphatic heterocycles. The predicted octanol–water partition coefficient (Wildman–Crippen LogP) is -1.63. The van der Waals surface area contributed by atoms with Gasteiger partial charge in [-0.15, -0.1) is 0 Å². The zero-order valence-electron chi connectivity index (χ0n) is 8.29. The van der Waals surface area contributed by atoms with Gasteiger partial charge in [0.1, 0.15) is 0 Å². The molecule has 4 N–H and O–H groups in total. The smallest absolute Gasteiger partial charge is 0.237 e. The van der Waals surface area contributed by atoms with Crippen molar-refractivity contribution in [1.29, 1.82) is 0 Å². The predicted molar refractivity (Wildman–Crippen MR) is 51.2 cm³/mol. The fraction of sp³-hybridized carbons (Fsp3) is 0.875. The number of carbonyl (C=O) groups excluding carboxylic acids is 1. The number of hydrogen-bond acceptors (Lipinski definition) is 4. The molecular formula is C8H19N3O2. The van der Waals surface area contributed by atoms with Crippen LogP contribution in [0.1, 0.15) is 6.42 Å². The number of amides is 1. The van der Waals surface area contributed by atoms with Gasteiger partial charge in [-0.2, -0.15) is 0 Å². The van der Waals surface area contributed by atoms with Crippen LogP contribution in [-0.4, -0.2) is 55.7 Å². The summed E-state index contributed by atoms with van der Waals surface area (Å²) in [7, 11) is 3.86. The fourth-order valence-corrected chi connectivity index (χ4v) is 0.839. The molecule has 0 aromatic heterocycles. The Morgan fingerprint density at radius 3 is 2.69 bits per heavy atom. The molecule has 0 aromatic carbocycles. The highest BCUT2D eigenvalue weighted by Crippen LogP contribution is 1.89. The lowest BCUT2D eigenvalue weighted by Crippen LogP contribution is -2.43. The number of aliphatic hydroxyl groups excluding tert-OH is 1. The van der Waals surface area contributed by atoms with E-state index >= 15 is 0 Å². The number of aliphatic hydroxyl groups is 1. The molecule has 0 saturated carbocycles. The van der Waals surface area contributed by atoms with Crippen LogP contribution in [0.4, 0.5) is 0 Å². The van der Waals surface area contributed by atoms with E-state index < -0.39 is 6.04 Å². The van der Waals surface area contributed by atoms with Crippen molar-refractivity contribution in [1.82, 2.24) is 10.2 Å². The summed E-state index contributed by atoms with van der Waals surface area (Å²) >= 11 is 0. The third-order valence-electron chi connectivity index (χ3n) is 1.64. The lowest BCUT2D eigenvalue weighted by molar-refractivity contribution is -0.122. The number of nitrogens with two attached hydrogens (primary N) is 1. The molecule has 0 bridgehead atoms. The largest absolute Gasteiger partial charge is 0.395 e. The molecule has 13 heavy (non-hydrogen) atoms. The van der Waals surface area contributed by atoms with Gasteiger partial charge in [-0.05, 0) is 27.1 Å². The Bertz CT molecular complexity index is 150. The van der Waals surface area contributed by atoms with Gasteiger partial charge in [-0.25, -0.2) is 0 Å². The minimum atomic E-state index is -0.478. The number of nitrogens with one attached hydrogen (secondary N) is 1. The standard InChI is InChI=1S/C8H19N3O2/c1-11(2)5-3-7(9)8(13)10-4-6-12/h7,12H,3-6,9H2,1-2H3,(H,10,13). The van der Waals surface area contributed by atoms with Crippen LogP contribution < -0.4 is 11.1 Å². The lowest BCUT2D eigenvalue weighted by Gasteiger charge is -2.14. The van der Waals surface area contributed by atoms with E-state index in [9.17, 15) is 4.79 Å². The summed E-state index contributed by atoms with van der Waals surface area (Å²) in [5.41, 5.74) is 5.59. The van der Waals surface area contributed by atoms with Gasteiger partial charge in [0.05, 0.1) is 12.6 Å². The number of rotatable bonds is 6. The highest BCUT2D eigenvalue weighted by Gasteiger charge is 2.11. The third-order valence-corrected chi connectivity index (χ3v) is 1.64. The van der Waals surface area contributed by atoms with Crippen molar-refractivity contribution in [2.45, 2.75) is 12.5 Å². The molecule has 0 fully saturated rings. The minimum Gasteiger partial charge on any atom is -0.395 e. The molecule has 1 amide bonds. The first-order chi connectivity index (χ1) is 6.07. The summed E-state index contributed by atoms with van der Waals surface area (Å²) < 4.78 is 0. The van der Waals surface area contributed by atoms with Crippen LogP contribution in [0.3, 0.4) is 0 Å². The maximum Gasteiger partial charge on any atom is 0.237 e. The van der Waals surface area contributed by atoms with Gasteiger partial charge in [-0.3, -0.25) is 4.79 Å². The van der Waals surface area contributed by atoms with Gasteiger partial charge in [0.15, 0.2) is 0 Å². The van der Waals surface area contributed by atoms with Crippen LogP contribution >= 0.6 is 0 Å². The Kier molecular flexibility index (Phi) is 6.48. The number of nitrogens with zero attached hydrogens (tertiary/aromatic N) is 1. The molecule has 0 rings (SSSR count). The highest BCUT2D eigenvalue weighted by atomic mass is 16.3. The average Bonchev–Trinajstić information content (AvgIpc) is 2.10. The van der Waals surface area contributed by atoms with E-state index in [-0.39, 0.29) is 19.1 Å². The summed E-state index contributed by atoms with van der Waals surface area (Å²) in [5, 5.41) is 11.0. The van der Waals surface area contributed by atoms with E-state index in [4.69, 9.17) is 10.8 Å². The van der Waals surface area contributed by atoms with Crippen molar-refractivity contribution in [3.63, 3.8) is 0 Å². The zero-order chi connectivity index (χ0) is 10.3. The van der Waals surface area contributed by atoms with Crippen molar-refractivity contribution >= 4 is 5.91 Å². The average molecular weight is 189 g/mol. The van der Waals surface area contributed by atoms with Crippen molar-refractivity contribution in [2.24, 2.45) is 5.73 Å². The summed E-state index contributed by atoms with van der Waals surface area (Å²) in [5.74, 6) is -0.198. The number of carbonyl (C=O) groups is 1. The molecule has 1 atom stereocenters. The molecule has 0 aliphatic carbocycles. The molecule has 0 aliphatic rings. The van der Waals surface area contributed by atoms with Crippen LogP contribution in [0.25, 0.3) is 0 Å². The molecule has 0 saturated heterocycles.